The van der Waals surface area contributed by atoms with E-state index in [2.05, 4.69) is 43.5 Å². The molecule has 0 rings (SSSR count). The third-order valence-corrected chi connectivity index (χ3v) is 11.1. The predicted octanol–water partition coefficient (Wildman–Crippen LogP) is 15.4. The van der Waals surface area contributed by atoms with Gasteiger partial charge in [0, 0.05) is 6.42 Å². The Bertz CT molecular complexity index is 821. The summed E-state index contributed by atoms with van der Waals surface area (Å²) in [6.45, 7) is 4.31. The van der Waals surface area contributed by atoms with Crippen molar-refractivity contribution in [1.29, 1.82) is 0 Å². The lowest BCUT2D eigenvalue weighted by Gasteiger charge is -2.19. The highest BCUT2D eigenvalue weighted by molar-refractivity contribution is 5.76. The van der Waals surface area contributed by atoms with Crippen molar-refractivity contribution in [2.75, 3.05) is 6.61 Å². The fourth-order valence-electron chi connectivity index (χ4n) is 7.39. The van der Waals surface area contributed by atoms with E-state index in [0.29, 0.717) is 6.42 Å². The maximum atomic E-state index is 12.4. The van der Waals surface area contributed by atoms with E-state index in [1.165, 1.54) is 199 Å². The Labute approximate surface area is 338 Å². The second kappa shape index (κ2) is 46.0. The summed E-state index contributed by atoms with van der Waals surface area (Å²) in [5.74, 6) is -0.0740. The number of aliphatic hydroxyl groups is 2. The van der Waals surface area contributed by atoms with Crippen LogP contribution >= 0.6 is 0 Å². The Kier molecular flexibility index (Phi) is 44.8. The highest BCUT2D eigenvalue weighted by Gasteiger charge is 2.17. The summed E-state index contributed by atoms with van der Waals surface area (Å²) in [5, 5.41) is 23.0. The van der Waals surface area contributed by atoms with E-state index in [1.807, 2.05) is 6.08 Å². The molecule has 0 aliphatic heterocycles. The van der Waals surface area contributed by atoms with E-state index in [1.54, 1.807) is 6.08 Å². The second-order valence-electron chi connectivity index (χ2n) is 16.5. The average Bonchev–Trinajstić information content (AvgIpc) is 3.18. The van der Waals surface area contributed by atoms with Crippen molar-refractivity contribution in [1.82, 2.24) is 5.32 Å². The summed E-state index contributed by atoms with van der Waals surface area (Å²) in [7, 11) is 0. The highest BCUT2D eigenvalue weighted by atomic mass is 16.3. The van der Waals surface area contributed by atoms with E-state index >= 15 is 0 Å². The van der Waals surface area contributed by atoms with Gasteiger partial charge in [-0.2, -0.15) is 0 Å². The van der Waals surface area contributed by atoms with E-state index in [4.69, 9.17) is 0 Å². The molecular formula is C50H95NO3. The smallest absolute Gasteiger partial charge is 0.220 e. The van der Waals surface area contributed by atoms with Gasteiger partial charge in [-0.25, -0.2) is 0 Å². The van der Waals surface area contributed by atoms with Crippen LogP contribution in [-0.4, -0.2) is 34.9 Å². The maximum absolute atomic E-state index is 12.4. The molecule has 0 aliphatic carbocycles. The molecular weight excluding hydrogens is 663 g/mol. The molecule has 0 bridgehead atoms. The molecule has 4 heteroatoms. The van der Waals surface area contributed by atoms with Crippen LogP contribution in [0.2, 0.25) is 0 Å². The SMILES string of the molecule is CCCCCCCCCCCCC/C=C/CC/C=C/CC/C=C/C(O)C(CO)NC(=O)CCCCCCCCCCCCCCCCCCCCCCC. The van der Waals surface area contributed by atoms with Crippen LogP contribution in [0.3, 0.4) is 0 Å². The molecule has 0 saturated carbocycles. The van der Waals surface area contributed by atoms with Crippen LogP contribution in [-0.2, 0) is 4.79 Å². The number of carbonyl (C=O) groups excluding carboxylic acids is 1. The Balaban J connectivity index is 3.58. The largest absolute Gasteiger partial charge is 0.394 e. The minimum Gasteiger partial charge on any atom is -0.394 e. The first-order valence-electron chi connectivity index (χ1n) is 24.2. The molecule has 0 aromatic carbocycles. The fraction of sp³-hybridized carbons (Fsp3) is 0.860. The van der Waals surface area contributed by atoms with Crippen molar-refractivity contribution in [2.24, 2.45) is 0 Å². The topological polar surface area (TPSA) is 69.6 Å². The minimum atomic E-state index is -0.867. The molecule has 0 saturated heterocycles. The van der Waals surface area contributed by atoms with Crippen molar-refractivity contribution >= 4 is 5.91 Å². The quantitative estimate of drug-likeness (QED) is 0.0428. The van der Waals surface area contributed by atoms with Gasteiger partial charge in [0.1, 0.15) is 0 Å². The first kappa shape index (κ1) is 52.6. The number of aliphatic hydroxyl groups excluding tert-OH is 2. The van der Waals surface area contributed by atoms with Crippen LogP contribution in [0.15, 0.2) is 36.5 Å². The Morgan fingerprint density at radius 3 is 1.07 bits per heavy atom. The Morgan fingerprint density at radius 1 is 0.426 bits per heavy atom. The third kappa shape index (κ3) is 41.8. The zero-order valence-corrected chi connectivity index (χ0v) is 36.5. The number of hydrogen-bond donors (Lipinski definition) is 3. The highest BCUT2D eigenvalue weighted by Crippen LogP contribution is 2.16. The molecule has 0 fully saturated rings. The zero-order chi connectivity index (χ0) is 39.3. The molecule has 4 nitrogen and oxygen atoms in total. The Hall–Kier alpha value is -1.39. The van der Waals surface area contributed by atoms with E-state index < -0.39 is 12.1 Å². The normalized spacial score (nSPS) is 13.2. The van der Waals surface area contributed by atoms with Crippen LogP contribution in [0.25, 0.3) is 0 Å². The van der Waals surface area contributed by atoms with Crippen molar-refractivity contribution in [3.63, 3.8) is 0 Å². The first-order valence-corrected chi connectivity index (χ1v) is 24.2. The van der Waals surface area contributed by atoms with Gasteiger partial charge in [0.2, 0.25) is 5.91 Å². The molecule has 54 heavy (non-hydrogen) atoms. The Morgan fingerprint density at radius 2 is 0.722 bits per heavy atom. The van der Waals surface area contributed by atoms with Gasteiger partial charge in [0.15, 0.2) is 0 Å². The van der Waals surface area contributed by atoms with E-state index in [-0.39, 0.29) is 12.5 Å². The molecule has 318 valence electrons. The molecule has 0 heterocycles. The number of amides is 1. The number of rotatable bonds is 44. The minimum absolute atomic E-state index is 0.0740. The van der Waals surface area contributed by atoms with Crippen molar-refractivity contribution < 1.29 is 15.0 Å². The van der Waals surface area contributed by atoms with Crippen LogP contribution in [0.4, 0.5) is 0 Å². The van der Waals surface area contributed by atoms with Gasteiger partial charge in [0.05, 0.1) is 18.8 Å². The first-order chi connectivity index (χ1) is 26.7. The van der Waals surface area contributed by atoms with Gasteiger partial charge in [0.25, 0.3) is 0 Å². The average molecular weight is 758 g/mol. The summed E-state index contributed by atoms with van der Waals surface area (Å²) in [6.07, 6.45) is 61.3. The number of unbranched alkanes of at least 4 members (excludes halogenated alkanes) is 33. The third-order valence-electron chi connectivity index (χ3n) is 11.1. The molecule has 0 aromatic heterocycles. The zero-order valence-electron chi connectivity index (χ0n) is 36.5. The van der Waals surface area contributed by atoms with Gasteiger partial charge in [-0.15, -0.1) is 0 Å². The van der Waals surface area contributed by atoms with Gasteiger partial charge in [-0.3, -0.25) is 4.79 Å². The van der Waals surface area contributed by atoms with Gasteiger partial charge >= 0.3 is 0 Å². The molecule has 0 aliphatic rings. The van der Waals surface area contributed by atoms with Crippen LogP contribution in [0.5, 0.6) is 0 Å². The number of nitrogens with one attached hydrogen (secondary N) is 1. The molecule has 0 radical (unpaired) electrons. The van der Waals surface area contributed by atoms with E-state index in [9.17, 15) is 15.0 Å². The van der Waals surface area contributed by atoms with Crippen molar-refractivity contribution in [3.8, 4) is 0 Å². The number of allylic oxidation sites excluding steroid dienone is 5. The van der Waals surface area contributed by atoms with Gasteiger partial charge in [-0.1, -0.05) is 243 Å². The monoisotopic (exact) mass is 758 g/mol. The lowest BCUT2D eigenvalue weighted by Crippen LogP contribution is -2.45. The number of hydrogen-bond acceptors (Lipinski definition) is 3. The fourth-order valence-corrected chi connectivity index (χ4v) is 7.39. The summed E-state index contributed by atoms with van der Waals surface area (Å²) in [4.78, 5) is 12.4. The van der Waals surface area contributed by atoms with Crippen LogP contribution in [0, 0.1) is 0 Å². The van der Waals surface area contributed by atoms with Crippen molar-refractivity contribution in [3.05, 3.63) is 36.5 Å². The summed E-state index contributed by atoms with van der Waals surface area (Å²) >= 11 is 0. The lowest BCUT2D eigenvalue weighted by atomic mass is 10.0. The summed E-state index contributed by atoms with van der Waals surface area (Å²) < 4.78 is 0. The van der Waals surface area contributed by atoms with Crippen LogP contribution < -0.4 is 5.32 Å². The van der Waals surface area contributed by atoms with Crippen molar-refractivity contribution in [2.45, 2.75) is 270 Å². The molecule has 2 unspecified atom stereocenters. The summed E-state index contributed by atoms with van der Waals surface area (Å²) in [5.41, 5.74) is 0. The summed E-state index contributed by atoms with van der Waals surface area (Å²) in [6, 6.07) is -0.643. The molecule has 1 amide bonds. The second-order valence-corrected chi connectivity index (χ2v) is 16.5. The van der Waals surface area contributed by atoms with Gasteiger partial charge < -0.3 is 15.5 Å². The standard InChI is InChI=1S/C50H95NO3/c1-3-5-7-9-11-13-15-17-19-21-23-25-27-29-31-33-35-37-39-41-43-45-49(53)48(47-52)51-50(54)46-44-42-40-38-36-34-32-30-28-26-24-22-20-18-16-14-12-10-8-6-4-2/h27,29,35,37,43,45,48-49,52-53H,3-26,28,30-34,36,38-42,44,46-47H2,1-2H3,(H,51,54)/b29-27+,37-35+,45-43+. The van der Waals surface area contributed by atoms with Gasteiger partial charge in [-0.05, 0) is 44.9 Å². The lowest BCUT2D eigenvalue weighted by molar-refractivity contribution is -0.123. The van der Waals surface area contributed by atoms with Crippen LogP contribution in [0.1, 0.15) is 258 Å². The maximum Gasteiger partial charge on any atom is 0.220 e. The molecule has 0 spiro atoms. The molecule has 2 atom stereocenters. The predicted molar refractivity (Wildman–Crippen MR) is 239 cm³/mol. The molecule has 0 aromatic rings. The number of carbonyl (C=O) groups is 1. The molecule has 3 N–H and O–H groups in total. The van der Waals surface area contributed by atoms with E-state index in [0.717, 1.165) is 38.5 Å².